The van der Waals surface area contributed by atoms with Gasteiger partial charge in [-0.15, -0.1) is 11.3 Å². The molecular formula is C14H20N2O3S. The van der Waals surface area contributed by atoms with Crippen LogP contribution in [0.25, 0.3) is 0 Å². The summed E-state index contributed by atoms with van der Waals surface area (Å²) in [6.07, 6.45) is 5.66. The Kier molecular flexibility index (Phi) is 5.11. The molecule has 5 nitrogen and oxygen atoms in total. The van der Waals surface area contributed by atoms with Crippen molar-refractivity contribution in [3.63, 3.8) is 0 Å². The van der Waals surface area contributed by atoms with Crippen LogP contribution in [0.15, 0.2) is 5.51 Å². The zero-order valence-electron chi connectivity index (χ0n) is 11.6. The quantitative estimate of drug-likeness (QED) is 0.846. The second-order valence-electron chi connectivity index (χ2n) is 5.20. The van der Waals surface area contributed by atoms with Gasteiger partial charge in [0, 0.05) is 5.92 Å². The normalized spacial score (nSPS) is 17.1. The maximum atomic E-state index is 12.3. The van der Waals surface area contributed by atoms with E-state index < -0.39 is 12.0 Å². The second-order valence-corrected chi connectivity index (χ2v) is 6.06. The van der Waals surface area contributed by atoms with Gasteiger partial charge in [-0.05, 0) is 19.3 Å². The van der Waals surface area contributed by atoms with Crippen LogP contribution in [0.5, 0.6) is 0 Å². The molecule has 1 heterocycles. The van der Waals surface area contributed by atoms with Gasteiger partial charge in [0.2, 0.25) is 0 Å². The fourth-order valence-electron chi connectivity index (χ4n) is 2.68. The SMILES string of the molecule is CCCC(NC(=O)c1scnc1C1CCCC1)C(=O)O. The monoisotopic (exact) mass is 296 g/mol. The van der Waals surface area contributed by atoms with E-state index in [9.17, 15) is 9.59 Å². The van der Waals surface area contributed by atoms with Crippen LogP contribution in [0.1, 0.15) is 66.7 Å². The van der Waals surface area contributed by atoms with Crippen molar-refractivity contribution < 1.29 is 14.7 Å². The third-order valence-electron chi connectivity index (χ3n) is 3.72. The molecule has 6 heteroatoms. The largest absolute Gasteiger partial charge is 0.480 e. The highest BCUT2D eigenvalue weighted by Crippen LogP contribution is 2.36. The van der Waals surface area contributed by atoms with Gasteiger partial charge in [0.05, 0.1) is 11.2 Å². The number of amides is 1. The third-order valence-corrected chi connectivity index (χ3v) is 4.56. The van der Waals surface area contributed by atoms with Crippen LogP contribution >= 0.6 is 11.3 Å². The molecule has 2 rings (SSSR count). The summed E-state index contributed by atoms with van der Waals surface area (Å²) in [5, 5.41) is 11.7. The van der Waals surface area contributed by atoms with E-state index in [0.29, 0.717) is 17.2 Å². The topological polar surface area (TPSA) is 79.3 Å². The predicted molar refractivity (Wildman–Crippen MR) is 77.1 cm³/mol. The van der Waals surface area contributed by atoms with Crippen molar-refractivity contribution in [1.82, 2.24) is 10.3 Å². The van der Waals surface area contributed by atoms with E-state index in [2.05, 4.69) is 10.3 Å². The lowest BCUT2D eigenvalue weighted by atomic mass is 10.0. The van der Waals surface area contributed by atoms with Gasteiger partial charge in [0.25, 0.3) is 5.91 Å². The number of carbonyl (C=O) groups is 2. The van der Waals surface area contributed by atoms with Crippen molar-refractivity contribution in [3.05, 3.63) is 16.1 Å². The van der Waals surface area contributed by atoms with Crippen LogP contribution < -0.4 is 5.32 Å². The molecule has 1 aliphatic rings. The van der Waals surface area contributed by atoms with Gasteiger partial charge < -0.3 is 10.4 Å². The van der Waals surface area contributed by atoms with Gasteiger partial charge in [-0.3, -0.25) is 4.79 Å². The lowest BCUT2D eigenvalue weighted by Gasteiger charge is -2.14. The maximum Gasteiger partial charge on any atom is 0.326 e. The average Bonchev–Trinajstić information content (AvgIpc) is 3.08. The van der Waals surface area contributed by atoms with E-state index in [4.69, 9.17) is 5.11 Å². The standard InChI is InChI=1S/C14H20N2O3S/c1-2-5-10(14(18)19)16-13(17)12-11(15-8-20-12)9-6-3-4-7-9/h8-10H,2-7H2,1H3,(H,16,17)(H,18,19). The van der Waals surface area contributed by atoms with Gasteiger partial charge in [0.15, 0.2) is 0 Å². The number of carboxylic acid groups (broad SMARTS) is 1. The van der Waals surface area contributed by atoms with Crippen molar-refractivity contribution >= 4 is 23.2 Å². The number of carbonyl (C=O) groups excluding carboxylic acids is 1. The molecular weight excluding hydrogens is 276 g/mol. The molecule has 1 aromatic heterocycles. The molecule has 0 saturated heterocycles. The van der Waals surface area contributed by atoms with Crippen molar-refractivity contribution in [2.24, 2.45) is 0 Å². The first-order valence-electron chi connectivity index (χ1n) is 7.10. The number of carboxylic acids is 1. The summed E-state index contributed by atoms with van der Waals surface area (Å²) in [7, 11) is 0. The van der Waals surface area contributed by atoms with E-state index in [1.54, 1.807) is 5.51 Å². The summed E-state index contributed by atoms with van der Waals surface area (Å²) in [5.74, 6) is -0.918. The van der Waals surface area contributed by atoms with Gasteiger partial charge in [-0.25, -0.2) is 9.78 Å². The lowest BCUT2D eigenvalue weighted by Crippen LogP contribution is -2.40. The highest BCUT2D eigenvalue weighted by molar-refractivity contribution is 7.11. The Labute approximate surface area is 122 Å². The smallest absolute Gasteiger partial charge is 0.326 e. The summed E-state index contributed by atoms with van der Waals surface area (Å²) in [6, 6.07) is -0.814. The Hall–Kier alpha value is -1.43. The number of nitrogens with zero attached hydrogens (tertiary/aromatic N) is 1. The molecule has 1 atom stereocenters. The molecule has 1 saturated carbocycles. The summed E-state index contributed by atoms with van der Waals surface area (Å²) in [5.41, 5.74) is 2.53. The molecule has 1 unspecified atom stereocenters. The summed E-state index contributed by atoms with van der Waals surface area (Å²) in [6.45, 7) is 1.90. The molecule has 1 amide bonds. The van der Waals surface area contributed by atoms with Gasteiger partial charge in [-0.1, -0.05) is 26.2 Å². The maximum absolute atomic E-state index is 12.3. The third kappa shape index (κ3) is 3.36. The first-order chi connectivity index (χ1) is 9.63. The first-order valence-corrected chi connectivity index (χ1v) is 7.98. The number of aromatic nitrogens is 1. The number of hydrogen-bond acceptors (Lipinski definition) is 4. The number of rotatable bonds is 6. The molecule has 0 spiro atoms. The average molecular weight is 296 g/mol. The molecule has 0 radical (unpaired) electrons. The number of aliphatic carboxylic acids is 1. The number of thiazole rings is 1. The molecule has 0 aliphatic heterocycles. The van der Waals surface area contributed by atoms with E-state index in [1.807, 2.05) is 6.92 Å². The van der Waals surface area contributed by atoms with Gasteiger partial charge in [0.1, 0.15) is 10.9 Å². The minimum absolute atomic E-state index is 0.296. The second kappa shape index (κ2) is 6.83. The number of hydrogen-bond donors (Lipinski definition) is 2. The van der Waals surface area contributed by atoms with Gasteiger partial charge >= 0.3 is 5.97 Å². The van der Waals surface area contributed by atoms with Gasteiger partial charge in [-0.2, -0.15) is 0 Å². The van der Waals surface area contributed by atoms with Crippen LogP contribution in [-0.4, -0.2) is 28.0 Å². The molecule has 110 valence electrons. The molecule has 1 fully saturated rings. The summed E-state index contributed by atoms with van der Waals surface area (Å²) < 4.78 is 0. The lowest BCUT2D eigenvalue weighted by molar-refractivity contribution is -0.139. The Morgan fingerprint density at radius 2 is 2.20 bits per heavy atom. The number of nitrogens with one attached hydrogen (secondary N) is 1. The fraction of sp³-hybridized carbons (Fsp3) is 0.643. The van der Waals surface area contributed by atoms with Crippen LogP contribution in [0.2, 0.25) is 0 Å². The Bertz CT molecular complexity index is 481. The van der Waals surface area contributed by atoms with E-state index >= 15 is 0 Å². The van der Waals surface area contributed by atoms with Crippen LogP contribution in [0.3, 0.4) is 0 Å². The first kappa shape index (κ1) is 15.0. The molecule has 0 aromatic carbocycles. The molecule has 0 bridgehead atoms. The fourth-order valence-corrected chi connectivity index (χ4v) is 3.46. The van der Waals surface area contributed by atoms with Crippen LogP contribution in [0.4, 0.5) is 0 Å². The molecule has 2 N–H and O–H groups in total. The molecule has 20 heavy (non-hydrogen) atoms. The van der Waals surface area contributed by atoms with Crippen LogP contribution in [-0.2, 0) is 4.79 Å². The summed E-state index contributed by atoms with van der Waals surface area (Å²) >= 11 is 1.30. The molecule has 1 aliphatic carbocycles. The molecule has 1 aromatic rings. The van der Waals surface area contributed by atoms with Crippen molar-refractivity contribution in [1.29, 1.82) is 0 Å². The van der Waals surface area contributed by atoms with Crippen molar-refractivity contribution in [2.75, 3.05) is 0 Å². The Balaban J connectivity index is 2.09. The van der Waals surface area contributed by atoms with Crippen molar-refractivity contribution in [3.8, 4) is 0 Å². The Morgan fingerprint density at radius 1 is 1.50 bits per heavy atom. The van der Waals surface area contributed by atoms with Crippen molar-refractivity contribution in [2.45, 2.75) is 57.4 Å². The zero-order valence-corrected chi connectivity index (χ0v) is 12.4. The van der Waals surface area contributed by atoms with Crippen LogP contribution in [0, 0.1) is 0 Å². The van der Waals surface area contributed by atoms with E-state index in [1.165, 1.54) is 24.2 Å². The van der Waals surface area contributed by atoms with E-state index in [-0.39, 0.29) is 5.91 Å². The summed E-state index contributed by atoms with van der Waals surface area (Å²) in [4.78, 5) is 28.3. The predicted octanol–water partition coefficient (Wildman–Crippen LogP) is 2.78. The Morgan fingerprint density at radius 3 is 2.80 bits per heavy atom. The highest BCUT2D eigenvalue weighted by Gasteiger charge is 2.27. The highest BCUT2D eigenvalue weighted by atomic mass is 32.1. The van der Waals surface area contributed by atoms with E-state index in [0.717, 1.165) is 25.0 Å². The minimum Gasteiger partial charge on any atom is -0.480 e. The minimum atomic E-state index is -0.980. The zero-order chi connectivity index (χ0) is 14.5.